The van der Waals surface area contributed by atoms with Crippen LogP contribution in [0.15, 0.2) is 40.2 Å². The fraction of sp³-hybridized carbons (Fsp3) is 0.250. The van der Waals surface area contributed by atoms with E-state index in [0.29, 0.717) is 23.5 Å². The minimum Gasteiger partial charge on any atom is -0.366 e. The number of halogens is 1. The van der Waals surface area contributed by atoms with Crippen molar-refractivity contribution in [2.75, 3.05) is 18.9 Å². The van der Waals surface area contributed by atoms with E-state index in [9.17, 15) is 9.59 Å². The van der Waals surface area contributed by atoms with Gasteiger partial charge in [0.1, 0.15) is 5.00 Å². The van der Waals surface area contributed by atoms with Gasteiger partial charge in [0.2, 0.25) is 5.91 Å². The van der Waals surface area contributed by atoms with Gasteiger partial charge >= 0.3 is 0 Å². The summed E-state index contributed by atoms with van der Waals surface area (Å²) in [6, 6.07) is 9.70. The van der Waals surface area contributed by atoms with Crippen LogP contribution in [0.25, 0.3) is 0 Å². The lowest BCUT2D eigenvalue weighted by atomic mass is 10.2. The van der Waals surface area contributed by atoms with Gasteiger partial charge in [-0.3, -0.25) is 9.59 Å². The van der Waals surface area contributed by atoms with E-state index in [0.717, 1.165) is 11.0 Å². The van der Waals surface area contributed by atoms with E-state index in [1.807, 2.05) is 31.3 Å². The number of nitrogens with two attached hydrogens (primary N) is 1. The second kappa shape index (κ2) is 8.24. The molecule has 7 heteroatoms. The first-order valence-corrected chi connectivity index (χ1v) is 8.73. The van der Waals surface area contributed by atoms with Crippen molar-refractivity contribution in [3.05, 3.63) is 51.3 Å². The van der Waals surface area contributed by atoms with Crippen LogP contribution in [0, 0.1) is 0 Å². The maximum Gasteiger partial charge on any atom is 0.251 e. The molecule has 0 atom stereocenters. The van der Waals surface area contributed by atoms with Crippen molar-refractivity contribution in [3.8, 4) is 0 Å². The lowest BCUT2D eigenvalue weighted by Gasteiger charge is -2.16. The van der Waals surface area contributed by atoms with Crippen molar-refractivity contribution in [1.29, 1.82) is 0 Å². The van der Waals surface area contributed by atoms with E-state index in [-0.39, 0.29) is 5.91 Å². The molecule has 122 valence electrons. The Kier molecular flexibility index (Phi) is 6.32. The number of nitrogens with one attached hydrogen (secondary N) is 1. The number of hydrogen-bond acceptors (Lipinski definition) is 4. The van der Waals surface area contributed by atoms with Crippen LogP contribution in [-0.2, 0) is 11.3 Å². The van der Waals surface area contributed by atoms with E-state index >= 15 is 0 Å². The molecule has 1 heterocycles. The fourth-order valence-electron chi connectivity index (χ4n) is 2.06. The van der Waals surface area contributed by atoms with Crippen LogP contribution in [-0.4, -0.2) is 30.3 Å². The highest BCUT2D eigenvalue weighted by Gasteiger charge is 2.13. The van der Waals surface area contributed by atoms with Gasteiger partial charge in [-0.2, -0.15) is 0 Å². The van der Waals surface area contributed by atoms with Crippen molar-refractivity contribution in [1.82, 2.24) is 4.90 Å². The molecule has 0 bridgehead atoms. The Morgan fingerprint density at radius 3 is 2.61 bits per heavy atom. The van der Waals surface area contributed by atoms with Crippen LogP contribution in [0.1, 0.15) is 22.3 Å². The predicted molar refractivity (Wildman–Crippen MR) is 96.6 cm³/mol. The molecule has 0 aliphatic heterocycles. The average molecular weight is 396 g/mol. The lowest BCUT2D eigenvalue weighted by Crippen LogP contribution is -2.24. The number of nitrogens with zero attached hydrogens (tertiary/aromatic N) is 1. The first-order chi connectivity index (χ1) is 11.0. The highest BCUT2D eigenvalue weighted by molar-refractivity contribution is 9.10. The summed E-state index contributed by atoms with van der Waals surface area (Å²) in [5, 5.41) is 4.99. The van der Waals surface area contributed by atoms with E-state index < -0.39 is 5.91 Å². The molecule has 0 saturated heterocycles. The lowest BCUT2D eigenvalue weighted by molar-refractivity contribution is -0.116. The first-order valence-electron chi connectivity index (χ1n) is 7.06. The van der Waals surface area contributed by atoms with E-state index in [1.54, 1.807) is 11.4 Å². The molecule has 2 amide bonds. The normalized spacial score (nSPS) is 10.7. The maximum absolute atomic E-state index is 12.0. The molecule has 0 fully saturated rings. The van der Waals surface area contributed by atoms with Crippen molar-refractivity contribution < 1.29 is 9.59 Å². The Labute approximate surface area is 147 Å². The summed E-state index contributed by atoms with van der Waals surface area (Å²) >= 11 is 4.70. The number of carbonyl (C=O) groups is 2. The molecule has 0 unspecified atom stereocenters. The Bertz CT molecular complexity index is 685. The number of primary amides is 1. The fourth-order valence-corrected chi connectivity index (χ4v) is 3.14. The number of carbonyl (C=O) groups excluding carboxylic acids is 2. The number of thiophene rings is 1. The Morgan fingerprint density at radius 1 is 1.26 bits per heavy atom. The highest BCUT2D eigenvalue weighted by atomic mass is 79.9. The number of anilines is 1. The Balaban J connectivity index is 1.80. The Hall–Kier alpha value is -1.70. The zero-order valence-corrected chi connectivity index (χ0v) is 15.1. The second-order valence-corrected chi connectivity index (χ2v) is 7.02. The van der Waals surface area contributed by atoms with Crippen LogP contribution >= 0.6 is 27.3 Å². The number of amides is 2. The first kappa shape index (κ1) is 17.7. The topological polar surface area (TPSA) is 75.4 Å². The van der Waals surface area contributed by atoms with Gasteiger partial charge in [-0.05, 0) is 36.2 Å². The third kappa shape index (κ3) is 5.46. The van der Waals surface area contributed by atoms with Gasteiger partial charge in [0.25, 0.3) is 5.91 Å². The summed E-state index contributed by atoms with van der Waals surface area (Å²) in [6.45, 7) is 1.39. The summed E-state index contributed by atoms with van der Waals surface area (Å²) in [6.07, 6.45) is 0.350. The molecular formula is C16H18BrN3O2S. The monoisotopic (exact) mass is 395 g/mol. The summed E-state index contributed by atoms with van der Waals surface area (Å²) in [4.78, 5) is 25.3. The molecule has 5 nitrogen and oxygen atoms in total. The summed E-state index contributed by atoms with van der Waals surface area (Å²) < 4.78 is 1.05. The van der Waals surface area contributed by atoms with Crippen molar-refractivity contribution in [3.63, 3.8) is 0 Å². The quantitative estimate of drug-likeness (QED) is 0.756. The Morgan fingerprint density at radius 2 is 1.96 bits per heavy atom. The average Bonchev–Trinajstić information content (AvgIpc) is 2.96. The minimum atomic E-state index is -0.533. The third-order valence-electron chi connectivity index (χ3n) is 3.27. The van der Waals surface area contributed by atoms with Crippen LogP contribution in [0.3, 0.4) is 0 Å². The summed E-state index contributed by atoms with van der Waals surface area (Å²) in [5.74, 6) is -0.661. The molecule has 1 aromatic carbocycles. The highest BCUT2D eigenvalue weighted by Crippen LogP contribution is 2.22. The van der Waals surface area contributed by atoms with E-state index in [4.69, 9.17) is 5.73 Å². The van der Waals surface area contributed by atoms with Gasteiger partial charge in [0.05, 0.1) is 5.56 Å². The molecule has 0 aliphatic carbocycles. The number of rotatable bonds is 7. The minimum absolute atomic E-state index is 0.127. The van der Waals surface area contributed by atoms with Crippen molar-refractivity contribution in [2.45, 2.75) is 13.0 Å². The van der Waals surface area contributed by atoms with Gasteiger partial charge in [-0.1, -0.05) is 28.1 Å². The number of benzene rings is 1. The van der Waals surface area contributed by atoms with Crippen LogP contribution in [0.4, 0.5) is 5.00 Å². The zero-order chi connectivity index (χ0) is 16.8. The molecule has 2 rings (SSSR count). The molecule has 0 saturated carbocycles. The SMILES string of the molecule is CN(CCC(=O)Nc1sccc1C(N)=O)Cc1ccc(Br)cc1. The molecule has 0 radical (unpaired) electrons. The van der Waals surface area contributed by atoms with Crippen LogP contribution < -0.4 is 11.1 Å². The standard InChI is InChI=1S/C16H18BrN3O2S/c1-20(10-11-2-4-12(17)5-3-11)8-6-14(21)19-16-13(15(18)22)7-9-23-16/h2-5,7,9H,6,8,10H2,1H3,(H2,18,22)(H,19,21). The van der Waals surface area contributed by atoms with Crippen LogP contribution in [0.2, 0.25) is 0 Å². The molecule has 23 heavy (non-hydrogen) atoms. The van der Waals surface area contributed by atoms with Gasteiger partial charge < -0.3 is 16.0 Å². The largest absolute Gasteiger partial charge is 0.366 e. The van der Waals surface area contributed by atoms with Gasteiger partial charge in [-0.25, -0.2) is 0 Å². The zero-order valence-electron chi connectivity index (χ0n) is 12.7. The van der Waals surface area contributed by atoms with E-state index in [2.05, 4.69) is 26.1 Å². The molecule has 3 N–H and O–H groups in total. The van der Waals surface area contributed by atoms with Gasteiger partial charge in [0.15, 0.2) is 0 Å². The van der Waals surface area contributed by atoms with Gasteiger partial charge in [0, 0.05) is 24.0 Å². The van der Waals surface area contributed by atoms with E-state index in [1.165, 1.54) is 16.9 Å². The third-order valence-corrected chi connectivity index (χ3v) is 4.63. The predicted octanol–water partition coefficient (Wildman–Crippen LogP) is 3.07. The summed E-state index contributed by atoms with van der Waals surface area (Å²) in [5.41, 5.74) is 6.80. The summed E-state index contributed by atoms with van der Waals surface area (Å²) in [7, 11) is 1.97. The molecular weight excluding hydrogens is 378 g/mol. The van der Waals surface area contributed by atoms with Crippen molar-refractivity contribution >= 4 is 44.1 Å². The molecule has 2 aromatic rings. The van der Waals surface area contributed by atoms with Gasteiger partial charge in [-0.15, -0.1) is 11.3 Å². The second-order valence-electron chi connectivity index (χ2n) is 5.19. The molecule has 1 aromatic heterocycles. The molecule has 0 spiro atoms. The van der Waals surface area contributed by atoms with Crippen LogP contribution in [0.5, 0.6) is 0 Å². The van der Waals surface area contributed by atoms with Crippen molar-refractivity contribution in [2.24, 2.45) is 5.73 Å². The maximum atomic E-state index is 12.0. The number of hydrogen-bond donors (Lipinski definition) is 2. The smallest absolute Gasteiger partial charge is 0.251 e. The molecule has 0 aliphatic rings.